The van der Waals surface area contributed by atoms with Crippen LogP contribution in [0.3, 0.4) is 0 Å². The molecule has 0 bridgehead atoms. The van der Waals surface area contributed by atoms with Crippen LogP contribution in [0.15, 0.2) is 24.3 Å². The third-order valence-electron chi connectivity index (χ3n) is 4.44. The number of unbranched alkanes of at least 4 members (excludes halogenated alkanes) is 3. The van der Waals surface area contributed by atoms with Gasteiger partial charge in [-0.3, -0.25) is 0 Å². The number of hydrogen-bond donors (Lipinski definition) is 2. The van der Waals surface area contributed by atoms with Gasteiger partial charge in [0.2, 0.25) is 0 Å². The number of carbonyl (C=O) groups excluding carboxylic acids is 1. The highest BCUT2D eigenvalue weighted by Gasteiger charge is 2.16. The molecular weight excluding hydrogens is 324 g/mol. The van der Waals surface area contributed by atoms with E-state index in [0.717, 1.165) is 13.1 Å². The summed E-state index contributed by atoms with van der Waals surface area (Å²) in [6.45, 7) is 9.13. The number of halogens is 1. The molecule has 5 heteroatoms. The largest absolute Gasteiger partial charge is 1.00 e. The summed E-state index contributed by atoms with van der Waals surface area (Å²) in [5, 5.41) is 0. The Kier molecular flexibility index (Phi) is 12.4. The maximum atomic E-state index is 12.0. The van der Waals surface area contributed by atoms with Crippen LogP contribution in [0, 0.1) is 0 Å². The van der Waals surface area contributed by atoms with Crippen molar-refractivity contribution in [2.24, 2.45) is 0 Å². The summed E-state index contributed by atoms with van der Waals surface area (Å²) in [5.74, 6) is -0.268. The molecule has 0 saturated heterocycles. The summed E-state index contributed by atoms with van der Waals surface area (Å²) >= 11 is 0. The Balaban J connectivity index is 0.00000529. The lowest BCUT2D eigenvalue weighted by Crippen LogP contribution is -3.15. The third kappa shape index (κ3) is 8.55. The molecule has 1 aromatic carbocycles. The van der Waals surface area contributed by atoms with Gasteiger partial charge in [-0.05, 0) is 51.0 Å². The second kappa shape index (κ2) is 13.1. The number of rotatable bonds is 11. The zero-order valence-electron chi connectivity index (χ0n) is 15.3. The SMILES string of the molecule is CCCCCCC(C)[NH+](CC)CCOC(=O)c1ccc(N)cc1.[Cl-]. The molecule has 1 rings (SSSR count). The molecule has 3 N–H and O–H groups in total. The van der Waals surface area contributed by atoms with E-state index in [4.69, 9.17) is 10.5 Å². The lowest BCUT2D eigenvalue weighted by molar-refractivity contribution is -0.922. The Bertz CT molecular complexity index is 451. The minimum atomic E-state index is -0.268. The smallest absolute Gasteiger partial charge is 0.338 e. The Morgan fingerprint density at radius 2 is 1.83 bits per heavy atom. The zero-order valence-corrected chi connectivity index (χ0v) is 16.1. The Hall–Kier alpha value is -1.26. The lowest BCUT2D eigenvalue weighted by Gasteiger charge is -2.24. The first-order valence-electron chi connectivity index (χ1n) is 8.95. The Morgan fingerprint density at radius 3 is 2.42 bits per heavy atom. The van der Waals surface area contributed by atoms with Gasteiger partial charge in [0.1, 0.15) is 13.2 Å². The number of nitrogens with two attached hydrogens (primary N) is 1. The van der Waals surface area contributed by atoms with Gasteiger partial charge in [0, 0.05) is 5.69 Å². The van der Waals surface area contributed by atoms with Crippen LogP contribution in [0.25, 0.3) is 0 Å². The molecule has 0 spiro atoms. The molecular formula is C19H33ClN2O2. The van der Waals surface area contributed by atoms with Crippen molar-refractivity contribution in [1.29, 1.82) is 0 Å². The van der Waals surface area contributed by atoms with Crippen LogP contribution in [0.1, 0.15) is 63.2 Å². The molecule has 0 aliphatic carbocycles. The zero-order chi connectivity index (χ0) is 17.1. The fourth-order valence-corrected chi connectivity index (χ4v) is 2.83. The molecule has 0 heterocycles. The van der Waals surface area contributed by atoms with Crippen LogP contribution >= 0.6 is 0 Å². The van der Waals surface area contributed by atoms with Crippen molar-refractivity contribution in [2.45, 2.75) is 58.9 Å². The molecule has 0 saturated carbocycles. The summed E-state index contributed by atoms with van der Waals surface area (Å²) in [6.07, 6.45) is 6.47. The number of carbonyl (C=O) groups is 1. The summed E-state index contributed by atoms with van der Waals surface area (Å²) in [5.41, 5.74) is 6.83. The number of nitrogen functional groups attached to an aromatic ring is 1. The minimum Gasteiger partial charge on any atom is -1.00 e. The average Bonchev–Trinajstić information content (AvgIpc) is 2.56. The Morgan fingerprint density at radius 1 is 1.17 bits per heavy atom. The van der Waals surface area contributed by atoms with Crippen molar-refractivity contribution in [3.8, 4) is 0 Å². The summed E-state index contributed by atoms with van der Waals surface area (Å²) in [7, 11) is 0. The minimum absolute atomic E-state index is 0. The standard InChI is InChI=1S/C19H32N2O2.ClH/c1-4-6-7-8-9-16(3)21(5-2)14-15-23-19(22)17-10-12-18(20)13-11-17;/h10-13,16H,4-9,14-15,20H2,1-3H3;1H. The molecule has 0 fully saturated rings. The van der Waals surface area contributed by atoms with Gasteiger partial charge in [-0.1, -0.05) is 26.2 Å². The number of benzene rings is 1. The van der Waals surface area contributed by atoms with Crippen molar-refractivity contribution < 1.29 is 26.8 Å². The highest BCUT2D eigenvalue weighted by Crippen LogP contribution is 2.06. The molecule has 0 amide bonds. The molecule has 0 aliphatic heterocycles. The van der Waals surface area contributed by atoms with Crippen LogP contribution in [0.2, 0.25) is 0 Å². The first kappa shape index (κ1) is 22.7. The molecule has 138 valence electrons. The predicted molar refractivity (Wildman–Crippen MR) is 95.7 cm³/mol. The van der Waals surface area contributed by atoms with Crippen LogP contribution in [-0.4, -0.2) is 31.7 Å². The maximum absolute atomic E-state index is 12.0. The number of ether oxygens (including phenoxy) is 1. The van der Waals surface area contributed by atoms with Gasteiger partial charge in [0.05, 0.1) is 18.2 Å². The van der Waals surface area contributed by atoms with Gasteiger partial charge in [0.25, 0.3) is 0 Å². The van der Waals surface area contributed by atoms with Crippen molar-refractivity contribution in [2.75, 3.05) is 25.4 Å². The topological polar surface area (TPSA) is 56.8 Å². The van der Waals surface area contributed by atoms with Gasteiger partial charge >= 0.3 is 5.97 Å². The average molecular weight is 357 g/mol. The fraction of sp³-hybridized carbons (Fsp3) is 0.632. The van der Waals surface area contributed by atoms with Crippen LogP contribution < -0.4 is 23.0 Å². The van der Waals surface area contributed by atoms with Gasteiger partial charge < -0.3 is 27.8 Å². The van der Waals surface area contributed by atoms with Gasteiger partial charge in [-0.15, -0.1) is 0 Å². The number of quaternary nitrogens is 1. The van der Waals surface area contributed by atoms with Crippen LogP contribution in [0.5, 0.6) is 0 Å². The Labute approximate surface area is 153 Å². The molecule has 0 aliphatic rings. The molecule has 2 atom stereocenters. The molecule has 1 aromatic rings. The van der Waals surface area contributed by atoms with Gasteiger partial charge in [0.15, 0.2) is 0 Å². The van der Waals surface area contributed by atoms with Gasteiger partial charge in [-0.25, -0.2) is 4.79 Å². The number of nitrogens with one attached hydrogen (secondary N) is 1. The van der Waals surface area contributed by atoms with E-state index in [2.05, 4.69) is 20.8 Å². The van der Waals surface area contributed by atoms with Gasteiger partial charge in [-0.2, -0.15) is 0 Å². The number of anilines is 1. The van der Waals surface area contributed by atoms with E-state index >= 15 is 0 Å². The summed E-state index contributed by atoms with van der Waals surface area (Å²) in [6, 6.07) is 7.47. The van der Waals surface area contributed by atoms with Crippen molar-refractivity contribution in [1.82, 2.24) is 0 Å². The van der Waals surface area contributed by atoms with E-state index in [1.165, 1.54) is 37.0 Å². The van der Waals surface area contributed by atoms with E-state index in [-0.39, 0.29) is 18.4 Å². The quantitative estimate of drug-likeness (QED) is 0.325. The van der Waals surface area contributed by atoms with Crippen molar-refractivity contribution in [3.63, 3.8) is 0 Å². The molecule has 2 unspecified atom stereocenters. The maximum Gasteiger partial charge on any atom is 0.338 e. The second-order valence-corrected chi connectivity index (χ2v) is 6.27. The highest BCUT2D eigenvalue weighted by molar-refractivity contribution is 5.89. The van der Waals surface area contributed by atoms with E-state index in [1.807, 2.05) is 0 Å². The first-order valence-corrected chi connectivity index (χ1v) is 8.95. The number of hydrogen-bond acceptors (Lipinski definition) is 3. The van der Waals surface area contributed by atoms with E-state index in [9.17, 15) is 4.79 Å². The number of likely N-dealkylation sites (N-methyl/N-ethyl adjacent to an activating group) is 1. The van der Waals surface area contributed by atoms with E-state index in [0.29, 0.717) is 23.9 Å². The molecule has 0 radical (unpaired) electrons. The monoisotopic (exact) mass is 356 g/mol. The third-order valence-corrected chi connectivity index (χ3v) is 4.44. The van der Waals surface area contributed by atoms with E-state index < -0.39 is 0 Å². The summed E-state index contributed by atoms with van der Waals surface area (Å²) < 4.78 is 5.39. The lowest BCUT2D eigenvalue weighted by atomic mass is 10.1. The van der Waals surface area contributed by atoms with Crippen LogP contribution in [0.4, 0.5) is 5.69 Å². The van der Waals surface area contributed by atoms with Crippen LogP contribution in [-0.2, 0) is 4.74 Å². The van der Waals surface area contributed by atoms with Crippen molar-refractivity contribution in [3.05, 3.63) is 29.8 Å². The number of esters is 1. The molecule has 0 aromatic heterocycles. The first-order chi connectivity index (χ1) is 11.1. The molecule has 24 heavy (non-hydrogen) atoms. The van der Waals surface area contributed by atoms with E-state index in [1.54, 1.807) is 24.3 Å². The van der Waals surface area contributed by atoms with Crippen molar-refractivity contribution >= 4 is 11.7 Å². The highest BCUT2D eigenvalue weighted by atomic mass is 35.5. The normalized spacial score (nSPS) is 13.0. The predicted octanol–water partition coefficient (Wildman–Crippen LogP) is -0.307. The summed E-state index contributed by atoms with van der Waals surface area (Å²) in [4.78, 5) is 13.5. The molecule has 4 nitrogen and oxygen atoms in total. The fourth-order valence-electron chi connectivity index (χ4n) is 2.83. The second-order valence-electron chi connectivity index (χ2n) is 6.27.